The summed E-state index contributed by atoms with van der Waals surface area (Å²) in [5.41, 5.74) is 0.309. The van der Waals surface area contributed by atoms with Crippen LogP contribution < -0.4 is 14.8 Å². The second-order valence-electron chi connectivity index (χ2n) is 4.29. The highest BCUT2D eigenvalue weighted by atomic mass is 35.5. The summed E-state index contributed by atoms with van der Waals surface area (Å²) in [6, 6.07) is 4.28. The fourth-order valence-electron chi connectivity index (χ4n) is 2.05. The van der Waals surface area contributed by atoms with Gasteiger partial charge in [-0.25, -0.2) is 0 Å². The average molecular weight is 323 g/mol. The molecule has 0 spiro atoms. The summed E-state index contributed by atoms with van der Waals surface area (Å²) in [7, 11) is 1.35. The van der Waals surface area contributed by atoms with Gasteiger partial charge in [-0.1, -0.05) is 0 Å². The lowest BCUT2D eigenvalue weighted by atomic mass is 10.1. The van der Waals surface area contributed by atoms with E-state index in [1.54, 1.807) is 11.0 Å². The summed E-state index contributed by atoms with van der Waals surface area (Å²) in [5.74, 6) is -0.168. The first-order valence-electron chi connectivity index (χ1n) is 6.24. The predicted molar refractivity (Wildman–Crippen MR) is 75.6 cm³/mol. The molecule has 0 aromatic heterocycles. The number of piperazine rings is 1. The van der Waals surface area contributed by atoms with Crippen LogP contribution in [0.4, 0.5) is 8.78 Å². The van der Waals surface area contributed by atoms with E-state index in [1.807, 2.05) is 0 Å². The number of halogens is 3. The molecule has 0 atom stereocenters. The van der Waals surface area contributed by atoms with Crippen LogP contribution in [0.25, 0.3) is 0 Å². The number of hydrogen-bond acceptors (Lipinski definition) is 4. The molecule has 1 fully saturated rings. The molecule has 0 aliphatic carbocycles. The van der Waals surface area contributed by atoms with E-state index in [2.05, 4.69) is 10.1 Å². The standard InChI is InChI=1S/C13H16F2N2O3.ClH/c1-19-10-3-2-9(8-11(10)20-13(14)15)12(18)17-6-4-16-5-7-17;/h2-3,8,13,16H,4-7H2,1H3;1H. The molecule has 0 bridgehead atoms. The lowest BCUT2D eigenvalue weighted by molar-refractivity contribution is -0.0512. The Balaban J connectivity index is 0.00000220. The van der Waals surface area contributed by atoms with Crippen molar-refractivity contribution in [2.24, 2.45) is 0 Å². The van der Waals surface area contributed by atoms with Crippen LogP contribution in [0.5, 0.6) is 11.5 Å². The van der Waals surface area contributed by atoms with Crippen LogP contribution in [0, 0.1) is 0 Å². The maximum atomic E-state index is 12.3. The highest BCUT2D eigenvalue weighted by Gasteiger charge is 2.20. The van der Waals surface area contributed by atoms with Gasteiger partial charge in [0, 0.05) is 31.7 Å². The molecule has 5 nitrogen and oxygen atoms in total. The second kappa shape index (κ2) is 7.99. The van der Waals surface area contributed by atoms with Crippen molar-refractivity contribution in [1.82, 2.24) is 10.2 Å². The Morgan fingerprint density at radius 1 is 1.29 bits per heavy atom. The number of carbonyl (C=O) groups excluding carboxylic acids is 1. The Hall–Kier alpha value is -1.60. The van der Waals surface area contributed by atoms with Gasteiger partial charge in [0.05, 0.1) is 7.11 Å². The highest BCUT2D eigenvalue weighted by Crippen LogP contribution is 2.29. The van der Waals surface area contributed by atoms with E-state index in [0.29, 0.717) is 18.7 Å². The van der Waals surface area contributed by atoms with Gasteiger partial charge in [-0.05, 0) is 18.2 Å². The van der Waals surface area contributed by atoms with Gasteiger partial charge in [-0.2, -0.15) is 8.78 Å². The third kappa shape index (κ3) is 4.44. The number of carbonyl (C=O) groups is 1. The van der Waals surface area contributed by atoms with Gasteiger partial charge in [-0.15, -0.1) is 12.4 Å². The van der Waals surface area contributed by atoms with E-state index in [0.717, 1.165) is 13.1 Å². The fraction of sp³-hybridized carbons (Fsp3) is 0.462. The molecule has 0 unspecified atom stereocenters. The molecule has 21 heavy (non-hydrogen) atoms. The molecule has 1 amide bonds. The molecule has 1 aromatic rings. The topological polar surface area (TPSA) is 50.8 Å². The molecule has 0 saturated carbocycles. The maximum absolute atomic E-state index is 12.3. The summed E-state index contributed by atoms with van der Waals surface area (Å²) in [6.45, 7) is -0.329. The van der Waals surface area contributed by atoms with Crippen molar-refractivity contribution in [3.63, 3.8) is 0 Å². The van der Waals surface area contributed by atoms with Crippen LogP contribution in [-0.2, 0) is 0 Å². The molecule has 1 saturated heterocycles. The molecule has 2 rings (SSSR count). The Morgan fingerprint density at radius 2 is 1.95 bits per heavy atom. The van der Waals surface area contributed by atoms with E-state index < -0.39 is 6.61 Å². The number of benzene rings is 1. The van der Waals surface area contributed by atoms with Gasteiger partial charge in [0.15, 0.2) is 11.5 Å². The third-order valence-corrected chi connectivity index (χ3v) is 3.03. The van der Waals surface area contributed by atoms with Gasteiger partial charge in [0.1, 0.15) is 0 Å². The summed E-state index contributed by atoms with van der Waals surface area (Å²) in [4.78, 5) is 13.9. The van der Waals surface area contributed by atoms with Crippen molar-refractivity contribution >= 4 is 18.3 Å². The number of nitrogens with one attached hydrogen (secondary N) is 1. The molecule has 1 aromatic carbocycles. The largest absolute Gasteiger partial charge is 0.493 e. The van der Waals surface area contributed by atoms with E-state index in [1.165, 1.54) is 19.2 Å². The predicted octanol–water partition coefficient (Wildman–Crippen LogP) is 1.76. The van der Waals surface area contributed by atoms with Crippen LogP contribution in [0.3, 0.4) is 0 Å². The summed E-state index contributed by atoms with van der Waals surface area (Å²) < 4.78 is 34.0. The van der Waals surface area contributed by atoms with E-state index >= 15 is 0 Å². The monoisotopic (exact) mass is 322 g/mol. The maximum Gasteiger partial charge on any atom is 0.387 e. The zero-order chi connectivity index (χ0) is 14.5. The first kappa shape index (κ1) is 17.5. The Kier molecular flexibility index (Phi) is 6.64. The summed E-state index contributed by atoms with van der Waals surface area (Å²) in [6.07, 6.45) is 0. The van der Waals surface area contributed by atoms with Gasteiger partial charge >= 0.3 is 6.61 Å². The number of hydrogen-bond donors (Lipinski definition) is 1. The molecule has 1 aliphatic rings. The Labute approximate surface area is 127 Å². The van der Waals surface area contributed by atoms with Crippen molar-refractivity contribution in [2.75, 3.05) is 33.3 Å². The quantitative estimate of drug-likeness (QED) is 0.918. The van der Waals surface area contributed by atoms with Crippen molar-refractivity contribution in [2.45, 2.75) is 6.61 Å². The lowest BCUT2D eigenvalue weighted by Crippen LogP contribution is -2.46. The molecule has 0 radical (unpaired) electrons. The third-order valence-electron chi connectivity index (χ3n) is 3.03. The SMILES string of the molecule is COc1ccc(C(=O)N2CCNCC2)cc1OC(F)F.Cl. The van der Waals surface area contributed by atoms with E-state index in [9.17, 15) is 13.6 Å². The number of ether oxygens (including phenoxy) is 2. The molecule has 1 aliphatic heterocycles. The Bertz CT molecular complexity index is 482. The number of alkyl halides is 2. The first-order valence-corrected chi connectivity index (χ1v) is 6.24. The molecular weight excluding hydrogens is 306 g/mol. The average Bonchev–Trinajstić information content (AvgIpc) is 2.46. The van der Waals surface area contributed by atoms with Gasteiger partial charge in [0.2, 0.25) is 0 Å². The molecule has 1 N–H and O–H groups in total. The van der Waals surface area contributed by atoms with Crippen LogP contribution in [0.2, 0.25) is 0 Å². The molecule has 1 heterocycles. The molecule has 118 valence electrons. The van der Waals surface area contributed by atoms with E-state index in [4.69, 9.17) is 4.74 Å². The van der Waals surface area contributed by atoms with E-state index in [-0.39, 0.29) is 29.8 Å². The minimum Gasteiger partial charge on any atom is -0.493 e. The number of rotatable bonds is 4. The minimum atomic E-state index is -2.96. The fourth-order valence-corrected chi connectivity index (χ4v) is 2.05. The van der Waals surface area contributed by atoms with Crippen molar-refractivity contribution < 1.29 is 23.0 Å². The van der Waals surface area contributed by atoms with Crippen LogP contribution in [0.15, 0.2) is 18.2 Å². The first-order chi connectivity index (χ1) is 9.61. The van der Waals surface area contributed by atoms with Gasteiger partial charge in [0.25, 0.3) is 5.91 Å². The summed E-state index contributed by atoms with van der Waals surface area (Å²) >= 11 is 0. The zero-order valence-electron chi connectivity index (χ0n) is 11.5. The van der Waals surface area contributed by atoms with Gasteiger partial charge in [-0.3, -0.25) is 4.79 Å². The van der Waals surface area contributed by atoms with Crippen LogP contribution in [0.1, 0.15) is 10.4 Å². The summed E-state index contributed by atoms with van der Waals surface area (Å²) in [5, 5.41) is 3.14. The normalized spacial score (nSPS) is 14.6. The molecular formula is C13H17ClF2N2O3. The van der Waals surface area contributed by atoms with Crippen LogP contribution >= 0.6 is 12.4 Å². The lowest BCUT2D eigenvalue weighted by Gasteiger charge is -2.27. The van der Waals surface area contributed by atoms with Crippen molar-refractivity contribution in [1.29, 1.82) is 0 Å². The minimum absolute atomic E-state index is 0. The van der Waals surface area contributed by atoms with Crippen molar-refractivity contribution in [3.8, 4) is 11.5 Å². The smallest absolute Gasteiger partial charge is 0.387 e. The second-order valence-corrected chi connectivity index (χ2v) is 4.29. The number of methoxy groups -OCH3 is 1. The molecule has 8 heteroatoms. The van der Waals surface area contributed by atoms with Crippen molar-refractivity contribution in [3.05, 3.63) is 23.8 Å². The number of nitrogens with zero attached hydrogens (tertiary/aromatic N) is 1. The van der Waals surface area contributed by atoms with Gasteiger partial charge < -0.3 is 19.7 Å². The number of amides is 1. The highest BCUT2D eigenvalue weighted by molar-refractivity contribution is 5.95. The Morgan fingerprint density at radius 3 is 2.52 bits per heavy atom. The zero-order valence-corrected chi connectivity index (χ0v) is 12.3. The van der Waals surface area contributed by atoms with Crippen LogP contribution in [-0.4, -0.2) is 50.7 Å².